The van der Waals surface area contributed by atoms with Gasteiger partial charge in [0, 0.05) is 11.0 Å². The summed E-state index contributed by atoms with van der Waals surface area (Å²) < 4.78 is 4.65. The monoisotopic (exact) mass is 468 g/mol. The van der Waals surface area contributed by atoms with Gasteiger partial charge < -0.3 is 0 Å². The Morgan fingerprint density at radius 2 is 2.11 bits per heavy atom. The highest BCUT2D eigenvalue weighted by molar-refractivity contribution is 9.13. The number of nitrogens with zero attached hydrogens (tertiary/aromatic N) is 2. The number of carbonyl (C=O) groups excluding carboxylic acids is 1. The van der Waals surface area contributed by atoms with Gasteiger partial charge in [-0.25, -0.2) is 0 Å². The lowest BCUT2D eigenvalue weighted by atomic mass is 10.2. The normalized spacial score (nSPS) is 11.0. The largest absolute Gasteiger partial charge is 0.293 e. The minimum absolute atomic E-state index is 0.103. The predicted octanol–water partition coefficient (Wildman–Crippen LogP) is 4.99. The molecule has 0 aliphatic carbocycles. The number of hydrogen-bond acceptors (Lipinski definition) is 3. The van der Waals surface area contributed by atoms with Gasteiger partial charge >= 0.3 is 0 Å². The average molecular weight is 471 g/mol. The molecular formula is C12H11Br3N2OS. The quantitative estimate of drug-likeness (QED) is 0.590. The summed E-state index contributed by atoms with van der Waals surface area (Å²) in [5, 5.41) is 4.40. The fraction of sp³-hybridized carbons (Fsp3) is 0.333. The molecule has 19 heavy (non-hydrogen) atoms. The molecule has 2 heterocycles. The molecule has 0 aliphatic rings. The molecule has 0 N–H and O–H groups in total. The van der Waals surface area contributed by atoms with E-state index in [1.165, 1.54) is 11.3 Å². The summed E-state index contributed by atoms with van der Waals surface area (Å²) in [6.07, 6.45) is 0.356. The van der Waals surface area contributed by atoms with Gasteiger partial charge in [0.05, 0.1) is 30.9 Å². The number of hydrogen-bond donors (Lipinski definition) is 0. The van der Waals surface area contributed by atoms with E-state index in [9.17, 15) is 4.79 Å². The minimum Gasteiger partial charge on any atom is -0.293 e. The van der Waals surface area contributed by atoms with Crippen molar-refractivity contribution in [2.45, 2.75) is 26.8 Å². The maximum absolute atomic E-state index is 12.3. The van der Waals surface area contributed by atoms with E-state index in [1.807, 2.05) is 24.6 Å². The van der Waals surface area contributed by atoms with Crippen molar-refractivity contribution in [3.8, 4) is 0 Å². The van der Waals surface area contributed by atoms with Crippen LogP contribution in [-0.4, -0.2) is 15.6 Å². The average Bonchev–Trinajstić information content (AvgIpc) is 2.84. The van der Waals surface area contributed by atoms with Crippen LogP contribution in [0.5, 0.6) is 0 Å². The van der Waals surface area contributed by atoms with Gasteiger partial charge in [-0.05, 0) is 67.7 Å². The van der Waals surface area contributed by atoms with E-state index in [-0.39, 0.29) is 5.78 Å². The molecule has 0 radical (unpaired) electrons. The van der Waals surface area contributed by atoms with E-state index >= 15 is 0 Å². The van der Waals surface area contributed by atoms with Crippen molar-refractivity contribution < 1.29 is 4.79 Å². The lowest BCUT2D eigenvalue weighted by molar-refractivity contribution is 0.0994. The van der Waals surface area contributed by atoms with Crippen LogP contribution in [0.2, 0.25) is 0 Å². The van der Waals surface area contributed by atoms with Gasteiger partial charge in [0.1, 0.15) is 0 Å². The molecule has 0 saturated carbocycles. The summed E-state index contributed by atoms with van der Waals surface area (Å²) in [5.74, 6) is 0.103. The van der Waals surface area contributed by atoms with Crippen LogP contribution in [0.15, 0.2) is 18.8 Å². The zero-order valence-corrected chi connectivity index (χ0v) is 15.9. The third-order valence-electron chi connectivity index (χ3n) is 2.70. The first-order valence-corrected chi connectivity index (χ1v) is 8.83. The Labute approximate surface area is 140 Å². The topological polar surface area (TPSA) is 34.9 Å². The number of thiophene rings is 1. The zero-order chi connectivity index (χ0) is 14.2. The number of halogens is 3. The van der Waals surface area contributed by atoms with Crippen molar-refractivity contribution in [1.29, 1.82) is 0 Å². The number of ketones is 1. The van der Waals surface area contributed by atoms with Gasteiger partial charge in [0.15, 0.2) is 5.78 Å². The molecule has 2 rings (SSSR count). The minimum atomic E-state index is 0.103. The molecule has 2 aromatic rings. The van der Waals surface area contributed by atoms with Crippen molar-refractivity contribution in [3.63, 3.8) is 0 Å². The lowest BCUT2D eigenvalue weighted by Crippen LogP contribution is -2.09. The molecular weight excluding hydrogens is 460 g/mol. The van der Waals surface area contributed by atoms with Crippen molar-refractivity contribution in [3.05, 3.63) is 35.1 Å². The van der Waals surface area contributed by atoms with Gasteiger partial charge in [0.2, 0.25) is 0 Å². The summed E-state index contributed by atoms with van der Waals surface area (Å²) in [6, 6.07) is 1.85. The zero-order valence-electron chi connectivity index (χ0n) is 10.3. The molecule has 7 heteroatoms. The first kappa shape index (κ1) is 15.4. The maximum Gasteiger partial charge on any atom is 0.178 e. The molecule has 0 aromatic carbocycles. The highest BCUT2D eigenvalue weighted by Crippen LogP contribution is 2.33. The summed E-state index contributed by atoms with van der Waals surface area (Å²) in [5.41, 5.74) is 1.85. The standard InChI is InChI=1S/C12H11Br3N2OS/c1-3-17-8(11(14)6(2)16-17)5-9(18)10-4-7(13)12(15)19-10/h4H,3,5H2,1-2H3. The predicted molar refractivity (Wildman–Crippen MR) is 88.1 cm³/mol. The first-order chi connectivity index (χ1) is 8.93. The van der Waals surface area contributed by atoms with Gasteiger partial charge in [-0.15, -0.1) is 11.3 Å². The van der Waals surface area contributed by atoms with Crippen LogP contribution in [0.1, 0.15) is 28.0 Å². The van der Waals surface area contributed by atoms with Gasteiger partial charge in [-0.2, -0.15) is 5.10 Å². The number of carbonyl (C=O) groups is 1. The van der Waals surface area contributed by atoms with Crippen molar-refractivity contribution in [1.82, 2.24) is 9.78 Å². The highest BCUT2D eigenvalue weighted by atomic mass is 79.9. The lowest BCUT2D eigenvalue weighted by Gasteiger charge is -2.03. The van der Waals surface area contributed by atoms with E-state index in [0.717, 1.165) is 35.5 Å². The highest BCUT2D eigenvalue weighted by Gasteiger charge is 2.18. The number of Topliss-reactive ketones (excluding diaryl/α,β-unsaturated/α-hetero) is 1. The summed E-state index contributed by atoms with van der Waals surface area (Å²) in [7, 11) is 0. The van der Waals surface area contributed by atoms with Crippen molar-refractivity contribution in [2.75, 3.05) is 0 Å². The number of aromatic nitrogens is 2. The molecule has 0 amide bonds. The van der Waals surface area contributed by atoms with Crippen molar-refractivity contribution >= 4 is 64.9 Å². The van der Waals surface area contributed by atoms with E-state index < -0.39 is 0 Å². The van der Waals surface area contributed by atoms with E-state index in [4.69, 9.17) is 0 Å². The van der Waals surface area contributed by atoms with E-state index in [1.54, 1.807) is 0 Å². The Kier molecular flexibility index (Phi) is 5.03. The fourth-order valence-electron chi connectivity index (χ4n) is 1.76. The Hall–Kier alpha value is 0.0200. The van der Waals surface area contributed by atoms with Crippen LogP contribution < -0.4 is 0 Å². The fourth-order valence-corrected chi connectivity index (χ4v) is 4.16. The van der Waals surface area contributed by atoms with Crippen LogP contribution in [0.3, 0.4) is 0 Å². The van der Waals surface area contributed by atoms with Crippen LogP contribution in [0.25, 0.3) is 0 Å². The van der Waals surface area contributed by atoms with E-state index in [2.05, 4.69) is 52.9 Å². The van der Waals surface area contributed by atoms with Gasteiger partial charge in [0.25, 0.3) is 0 Å². The molecule has 0 saturated heterocycles. The second-order valence-electron chi connectivity index (χ2n) is 3.99. The SMILES string of the molecule is CCn1nc(C)c(Br)c1CC(=O)c1cc(Br)c(Br)s1. The molecule has 102 valence electrons. The first-order valence-electron chi connectivity index (χ1n) is 5.63. The second-order valence-corrected chi connectivity index (χ2v) is 8.01. The Morgan fingerprint density at radius 1 is 1.42 bits per heavy atom. The molecule has 3 nitrogen and oxygen atoms in total. The number of rotatable bonds is 4. The summed E-state index contributed by atoms with van der Waals surface area (Å²) >= 11 is 11.8. The summed E-state index contributed by atoms with van der Waals surface area (Å²) in [4.78, 5) is 13.1. The van der Waals surface area contributed by atoms with Crippen LogP contribution in [0, 0.1) is 6.92 Å². The third kappa shape index (κ3) is 3.20. The van der Waals surface area contributed by atoms with E-state index in [0.29, 0.717) is 6.42 Å². The second kappa shape index (κ2) is 6.20. The smallest absolute Gasteiger partial charge is 0.178 e. The van der Waals surface area contributed by atoms with Gasteiger partial charge in [-0.3, -0.25) is 9.48 Å². The number of aryl methyl sites for hydroxylation is 2. The molecule has 0 spiro atoms. The van der Waals surface area contributed by atoms with Crippen molar-refractivity contribution in [2.24, 2.45) is 0 Å². The molecule has 0 bridgehead atoms. The molecule has 0 fully saturated rings. The van der Waals surface area contributed by atoms with Gasteiger partial charge in [-0.1, -0.05) is 0 Å². The van der Waals surface area contributed by atoms with Crippen LogP contribution >= 0.6 is 59.1 Å². The molecule has 0 unspecified atom stereocenters. The molecule has 0 atom stereocenters. The third-order valence-corrected chi connectivity index (χ3v) is 7.03. The Balaban J connectivity index is 2.28. The van der Waals surface area contributed by atoms with Crippen LogP contribution in [-0.2, 0) is 13.0 Å². The Morgan fingerprint density at radius 3 is 2.63 bits per heavy atom. The summed E-state index contributed by atoms with van der Waals surface area (Å²) in [6.45, 7) is 4.71. The maximum atomic E-state index is 12.3. The Bertz CT molecular complexity index is 614. The molecule has 2 aromatic heterocycles. The van der Waals surface area contributed by atoms with Crippen LogP contribution in [0.4, 0.5) is 0 Å². The molecule has 0 aliphatic heterocycles.